The Morgan fingerprint density at radius 3 is 2.43 bits per heavy atom. The first-order valence-corrected chi connectivity index (χ1v) is 11.6. The highest BCUT2D eigenvalue weighted by Crippen LogP contribution is 2.29. The standard InChI is InChI=1S/C21H19BrN4S2/c1-3-26-19(15-8-10-17(22)11-9-15)24-25-21(26)28-13-18-12-27-20(23-18)16-6-4-14(2)5-7-16/h4-12H,3,13H2,1-2H3. The quantitative estimate of drug-likeness (QED) is 0.303. The molecule has 0 aliphatic rings. The molecule has 0 atom stereocenters. The van der Waals surface area contributed by atoms with Gasteiger partial charge in [-0.3, -0.25) is 0 Å². The Labute approximate surface area is 181 Å². The lowest BCUT2D eigenvalue weighted by Gasteiger charge is -2.07. The summed E-state index contributed by atoms with van der Waals surface area (Å²) in [4.78, 5) is 4.79. The summed E-state index contributed by atoms with van der Waals surface area (Å²) in [5, 5.41) is 12.9. The summed E-state index contributed by atoms with van der Waals surface area (Å²) in [6.45, 7) is 5.04. The van der Waals surface area contributed by atoms with Crippen LogP contribution in [-0.4, -0.2) is 19.7 Å². The van der Waals surface area contributed by atoms with Gasteiger partial charge in [0.1, 0.15) is 5.01 Å². The molecular formula is C21H19BrN4S2. The minimum atomic E-state index is 0.779. The second kappa shape index (κ2) is 8.59. The molecule has 142 valence electrons. The number of hydrogen-bond donors (Lipinski definition) is 0. The molecule has 7 heteroatoms. The van der Waals surface area contributed by atoms with Gasteiger partial charge in [-0.25, -0.2) is 4.98 Å². The number of aryl methyl sites for hydroxylation is 1. The van der Waals surface area contributed by atoms with Crippen molar-refractivity contribution in [2.45, 2.75) is 31.3 Å². The highest BCUT2D eigenvalue weighted by atomic mass is 79.9. The van der Waals surface area contributed by atoms with E-state index in [4.69, 9.17) is 4.98 Å². The zero-order chi connectivity index (χ0) is 19.5. The summed E-state index contributed by atoms with van der Waals surface area (Å²) < 4.78 is 3.21. The van der Waals surface area contributed by atoms with E-state index >= 15 is 0 Å². The molecule has 0 amide bonds. The largest absolute Gasteiger partial charge is 0.302 e. The molecule has 4 aromatic rings. The van der Waals surface area contributed by atoms with Crippen molar-refractivity contribution in [1.82, 2.24) is 19.7 Å². The third-order valence-corrected chi connectivity index (χ3v) is 6.80. The number of aromatic nitrogens is 4. The van der Waals surface area contributed by atoms with Crippen molar-refractivity contribution < 1.29 is 0 Å². The van der Waals surface area contributed by atoms with E-state index < -0.39 is 0 Å². The van der Waals surface area contributed by atoms with E-state index in [0.717, 1.165) is 44.0 Å². The molecule has 0 bridgehead atoms. The fourth-order valence-corrected chi connectivity index (χ4v) is 4.92. The molecular weight excluding hydrogens is 452 g/mol. The molecule has 4 rings (SSSR count). The van der Waals surface area contributed by atoms with Gasteiger partial charge in [-0.05, 0) is 26.0 Å². The number of rotatable bonds is 6. The SMILES string of the molecule is CCn1c(SCc2csc(-c3ccc(C)cc3)n2)nnc1-c1ccc(Br)cc1. The Bertz CT molecular complexity index is 1070. The highest BCUT2D eigenvalue weighted by molar-refractivity contribution is 9.10. The van der Waals surface area contributed by atoms with Gasteiger partial charge in [0.25, 0.3) is 0 Å². The van der Waals surface area contributed by atoms with Crippen molar-refractivity contribution >= 4 is 39.0 Å². The Kier molecular flexibility index (Phi) is 5.94. The van der Waals surface area contributed by atoms with Gasteiger partial charge in [0.05, 0.1) is 5.69 Å². The van der Waals surface area contributed by atoms with E-state index in [1.807, 2.05) is 12.1 Å². The van der Waals surface area contributed by atoms with Crippen LogP contribution in [0.25, 0.3) is 22.0 Å². The van der Waals surface area contributed by atoms with E-state index in [9.17, 15) is 0 Å². The van der Waals surface area contributed by atoms with Gasteiger partial charge < -0.3 is 4.57 Å². The first-order valence-electron chi connectivity index (χ1n) is 8.97. The molecule has 2 aromatic heterocycles. The van der Waals surface area contributed by atoms with Gasteiger partial charge in [-0.2, -0.15) is 0 Å². The number of nitrogens with zero attached hydrogens (tertiary/aromatic N) is 4. The first kappa shape index (κ1) is 19.4. The second-order valence-electron chi connectivity index (χ2n) is 6.36. The van der Waals surface area contributed by atoms with Gasteiger partial charge in [0, 0.05) is 33.3 Å². The molecule has 0 aliphatic heterocycles. The summed E-state index contributed by atoms with van der Waals surface area (Å²) in [7, 11) is 0. The van der Waals surface area contributed by atoms with Crippen molar-refractivity contribution in [3.05, 3.63) is 69.6 Å². The van der Waals surface area contributed by atoms with Crippen LogP contribution in [0.15, 0.2) is 63.5 Å². The van der Waals surface area contributed by atoms with Crippen LogP contribution >= 0.6 is 39.0 Å². The van der Waals surface area contributed by atoms with Crippen LogP contribution in [0.5, 0.6) is 0 Å². The topological polar surface area (TPSA) is 43.6 Å². The zero-order valence-electron chi connectivity index (χ0n) is 15.6. The maximum absolute atomic E-state index is 4.79. The Morgan fingerprint density at radius 1 is 1.00 bits per heavy atom. The number of thiazole rings is 1. The van der Waals surface area contributed by atoms with Crippen molar-refractivity contribution in [3.63, 3.8) is 0 Å². The number of hydrogen-bond acceptors (Lipinski definition) is 5. The van der Waals surface area contributed by atoms with Gasteiger partial charge in [-0.1, -0.05) is 69.7 Å². The molecule has 0 spiro atoms. The van der Waals surface area contributed by atoms with Crippen molar-refractivity contribution in [3.8, 4) is 22.0 Å². The third-order valence-electron chi connectivity index (χ3n) is 4.33. The predicted octanol–water partition coefficient (Wildman–Crippen LogP) is 6.45. The minimum Gasteiger partial charge on any atom is -0.302 e. The summed E-state index contributed by atoms with van der Waals surface area (Å²) in [5.74, 6) is 1.68. The van der Waals surface area contributed by atoms with Crippen molar-refractivity contribution in [2.75, 3.05) is 0 Å². The molecule has 0 saturated heterocycles. The lowest BCUT2D eigenvalue weighted by molar-refractivity contribution is 0.687. The fraction of sp³-hybridized carbons (Fsp3) is 0.190. The van der Waals surface area contributed by atoms with Crippen LogP contribution in [0.2, 0.25) is 0 Å². The fourth-order valence-electron chi connectivity index (χ4n) is 2.83. The maximum atomic E-state index is 4.79. The normalized spacial score (nSPS) is 11.1. The van der Waals surface area contributed by atoms with Crippen LogP contribution < -0.4 is 0 Å². The predicted molar refractivity (Wildman–Crippen MR) is 121 cm³/mol. The Hall–Kier alpha value is -1.96. The van der Waals surface area contributed by atoms with Gasteiger partial charge in [-0.15, -0.1) is 21.5 Å². The summed E-state index contributed by atoms with van der Waals surface area (Å²) >= 11 is 6.84. The molecule has 2 heterocycles. The zero-order valence-corrected chi connectivity index (χ0v) is 18.8. The number of benzene rings is 2. The molecule has 0 fully saturated rings. The van der Waals surface area contributed by atoms with E-state index in [1.165, 1.54) is 11.1 Å². The van der Waals surface area contributed by atoms with E-state index in [0.29, 0.717) is 0 Å². The Balaban J connectivity index is 1.49. The molecule has 4 nitrogen and oxygen atoms in total. The molecule has 2 aromatic carbocycles. The molecule has 0 N–H and O–H groups in total. The van der Waals surface area contributed by atoms with E-state index in [1.54, 1.807) is 23.1 Å². The van der Waals surface area contributed by atoms with E-state index in [2.05, 4.69) is 86.3 Å². The van der Waals surface area contributed by atoms with Crippen molar-refractivity contribution in [1.29, 1.82) is 0 Å². The van der Waals surface area contributed by atoms with Crippen LogP contribution in [0.1, 0.15) is 18.2 Å². The van der Waals surface area contributed by atoms with Crippen LogP contribution in [0, 0.1) is 6.92 Å². The minimum absolute atomic E-state index is 0.779. The second-order valence-corrected chi connectivity index (χ2v) is 9.07. The summed E-state index contributed by atoms with van der Waals surface area (Å²) in [6.07, 6.45) is 0. The average Bonchev–Trinajstić information content (AvgIpc) is 3.34. The monoisotopic (exact) mass is 470 g/mol. The maximum Gasteiger partial charge on any atom is 0.191 e. The first-order chi connectivity index (χ1) is 13.6. The summed E-state index contributed by atoms with van der Waals surface area (Å²) in [5.41, 5.74) is 4.57. The summed E-state index contributed by atoms with van der Waals surface area (Å²) in [6, 6.07) is 16.7. The molecule has 0 saturated carbocycles. The Morgan fingerprint density at radius 2 is 1.71 bits per heavy atom. The van der Waals surface area contributed by atoms with Gasteiger partial charge >= 0.3 is 0 Å². The van der Waals surface area contributed by atoms with Gasteiger partial charge in [0.15, 0.2) is 11.0 Å². The average molecular weight is 471 g/mol. The van der Waals surface area contributed by atoms with E-state index in [-0.39, 0.29) is 0 Å². The number of thioether (sulfide) groups is 1. The highest BCUT2D eigenvalue weighted by Gasteiger charge is 2.14. The number of halogens is 1. The molecule has 0 aliphatic carbocycles. The van der Waals surface area contributed by atoms with Crippen molar-refractivity contribution in [2.24, 2.45) is 0 Å². The van der Waals surface area contributed by atoms with Crippen LogP contribution in [0.3, 0.4) is 0 Å². The lowest BCUT2D eigenvalue weighted by atomic mass is 10.2. The van der Waals surface area contributed by atoms with Crippen LogP contribution in [-0.2, 0) is 12.3 Å². The van der Waals surface area contributed by atoms with Gasteiger partial charge in [0.2, 0.25) is 0 Å². The smallest absolute Gasteiger partial charge is 0.191 e. The third kappa shape index (κ3) is 4.21. The van der Waals surface area contributed by atoms with Crippen LogP contribution in [0.4, 0.5) is 0 Å². The molecule has 28 heavy (non-hydrogen) atoms. The lowest BCUT2D eigenvalue weighted by Crippen LogP contribution is -1.99. The molecule has 0 unspecified atom stereocenters. The molecule has 0 radical (unpaired) electrons.